The zero-order valence-corrected chi connectivity index (χ0v) is 10.6. The van der Waals surface area contributed by atoms with Crippen molar-refractivity contribution in [1.29, 1.82) is 0 Å². The molecule has 0 atom stereocenters. The van der Waals surface area contributed by atoms with E-state index in [2.05, 4.69) is 5.32 Å². The van der Waals surface area contributed by atoms with Crippen molar-refractivity contribution in [3.8, 4) is 5.75 Å². The summed E-state index contributed by atoms with van der Waals surface area (Å²) in [5, 5.41) is 2.72. The van der Waals surface area contributed by atoms with Gasteiger partial charge in [-0.25, -0.2) is 4.39 Å². The molecule has 0 aliphatic rings. The average Bonchev–Trinajstić information content (AvgIpc) is 2.28. The average molecular weight is 260 g/mol. The molecule has 0 spiro atoms. The molecule has 0 saturated carbocycles. The van der Waals surface area contributed by atoms with Crippen LogP contribution in [-0.4, -0.2) is 19.1 Å². The second-order valence-electron chi connectivity index (χ2n) is 4.06. The van der Waals surface area contributed by atoms with Gasteiger partial charge in [0.1, 0.15) is 11.6 Å². The molecule has 1 aromatic carbocycles. The first-order valence-corrected chi connectivity index (χ1v) is 5.71. The lowest BCUT2D eigenvalue weighted by Gasteiger charge is -2.09. The molecule has 0 aliphatic heterocycles. The first-order valence-electron chi connectivity index (χ1n) is 5.33. The van der Waals surface area contributed by atoms with E-state index < -0.39 is 5.82 Å². The molecule has 94 valence electrons. The van der Waals surface area contributed by atoms with Crippen LogP contribution in [-0.2, 0) is 4.79 Å². The van der Waals surface area contributed by atoms with Crippen molar-refractivity contribution in [1.82, 2.24) is 5.32 Å². The van der Waals surface area contributed by atoms with Crippen LogP contribution in [0.15, 0.2) is 18.2 Å². The van der Waals surface area contributed by atoms with Gasteiger partial charge in [0.25, 0.3) is 5.91 Å². The maximum absolute atomic E-state index is 13.0. The highest BCUT2D eigenvalue weighted by Gasteiger charge is 2.05. The Labute approximate surface area is 105 Å². The van der Waals surface area contributed by atoms with E-state index in [1.54, 1.807) is 0 Å². The van der Waals surface area contributed by atoms with Gasteiger partial charge in [0, 0.05) is 12.6 Å². The van der Waals surface area contributed by atoms with Crippen LogP contribution in [0.2, 0.25) is 5.02 Å². The van der Waals surface area contributed by atoms with Crippen LogP contribution in [0.4, 0.5) is 4.39 Å². The third-order valence-corrected chi connectivity index (χ3v) is 2.28. The Hall–Kier alpha value is -1.29. The summed E-state index contributed by atoms with van der Waals surface area (Å²) in [7, 11) is 0. The Bertz CT molecular complexity index is 396. The fraction of sp³-hybridized carbons (Fsp3) is 0.417. The highest BCUT2D eigenvalue weighted by molar-refractivity contribution is 6.30. The highest BCUT2D eigenvalue weighted by atomic mass is 35.5. The first kappa shape index (κ1) is 13.8. The molecule has 5 heteroatoms. The number of amides is 1. The lowest BCUT2D eigenvalue weighted by molar-refractivity contribution is -0.123. The Kier molecular flexibility index (Phi) is 5.22. The van der Waals surface area contributed by atoms with Crippen molar-refractivity contribution >= 4 is 17.5 Å². The molecule has 0 bridgehead atoms. The molecular weight excluding hydrogens is 245 g/mol. The summed E-state index contributed by atoms with van der Waals surface area (Å²) in [5.41, 5.74) is 0. The zero-order chi connectivity index (χ0) is 12.8. The van der Waals surface area contributed by atoms with Crippen molar-refractivity contribution in [3.05, 3.63) is 29.0 Å². The number of carbonyl (C=O) groups excluding carboxylic acids is 1. The molecule has 17 heavy (non-hydrogen) atoms. The van der Waals surface area contributed by atoms with Crippen LogP contribution >= 0.6 is 11.6 Å². The van der Waals surface area contributed by atoms with Crippen LogP contribution in [0.3, 0.4) is 0 Å². The first-order chi connectivity index (χ1) is 7.99. The standard InChI is InChI=1S/C12H15ClFNO2/c1-8(2)6-15-12(16)7-17-9-3-4-10(13)11(14)5-9/h3-5,8H,6-7H2,1-2H3,(H,15,16). The summed E-state index contributed by atoms with van der Waals surface area (Å²) in [6, 6.07) is 4.05. The van der Waals surface area contributed by atoms with E-state index in [0.717, 1.165) is 6.07 Å². The smallest absolute Gasteiger partial charge is 0.257 e. The SMILES string of the molecule is CC(C)CNC(=O)COc1ccc(Cl)c(F)c1. The maximum Gasteiger partial charge on any atom is 0.257 e. The van der Waals surface area contributed by atoms with Gasteiger partial charge in [-0.2, -0.15) is 0 Å². The molecule has 0 aliphatic carbocycles. The van der Waals surface area contributed by atoms with E-state index in [1.807, 2.05) is 13.8 Å². The van der Waals surface area contributed by atoms with E-state index in [9.17, 15) is 9.18 Å². The summed E-state index contributed by atoms with van der Waals surface area (Å²) in [4.78, 5) is 11.3. The molecule has 0 radical (unpaired) electrons. The van der Waals surface area contributed by atoms with E-state index in [4.69, 9.17) is 16.3 Å². The molecule has 1 N–H and O–H groups in total. The zero-order valence-electron chi connectivity index (χ0n) is 9.80. The topological polar surface area (TPSA) is 38.3 Å². The largest absolute Gasteiger partial charge is 0.484 e. The quantitative estimate of drug-likeness (QED) is 0.883. The fourth-order valence-corrected chi connectivity index (χ4v) is 1.20. The van der Waals surface area contributed by atoms with E-state index in [-0.39, 0.29) is 23.3 Å². The number of hydrogen-bond acceptors (Lipinski definition) is 2. The molecule has 0 fully saturated rings. The van der Waals surface area contributed by atoms with Gasteiger partial charge in [-0.1, -0.05) is 25.4 Å². The molecular formula is C12H15ClFNO2. The predicted octanol–water partition coefficient (Wildman–Crippen LogP) is 2.63. The van der Waals surface area contributed by atoms with E-state index in [1.165, 1.54) is 12.1 Å². The summed E-state index contributed by atoms with van der Waals surface area (Å²) in [5.74, 6) is -0.126. The van der Waals surface area contributed by atoms with E-state index >= 15 is 0 Å². The van der Waals surface area contributed by atoms with Gasteiger partial charge < -0.3 is 10.1 Å². The predicted molar refractivity (Wildman–Crippen MR) is 64.8 cm³/mol. The summed E-state index contributed by atoms with van der Waals surface area (Å²) in [6.45, 7) is 4.45. The highest BCUT2D eigenvalue weighted by Crippen LogP contribution is 2.20. The number of hydrogen-bond donors (Lipinski definition) is 1. The summed E-state index contributed by atoms with van der Waals surface area (Å²) < 4.78 is 18.2. The van der Waals surface area contributed by atoms with Crippen molar-refractivity contribution in [2.24, 2.45) is 5.92 Å². The van der Waals surface area contributed by atoms with Crippen LogP contribution in [0.25, 0.3) is 0 Å². The Morgan fingerprint density at radius 1 is 1.53 bits per heavy atom. The van der Waals surface area contributed by atoms with Crippen molar-refractivity contribution in [3.63, 3.8) is 0 Å². The van der Waals surface area contributed by atoms with Gasteiger partial charge in [-0.05, 0) is 18.1 Å². The van der Waals surface area contributed by atoms with Gasteiger partial charge in [-0.15, -0.1) is 0 Å². The van der Waals surface area contributed by atoms with Gasteiger partial charge in [0.05, 0.1) is 5.02 Å². The molecule has 0 heterocycles. The second-order valence-corrected chi connectivity index (χ2v) is 4.47. The minimum Gasteiger partial charge on any atom is -0.484 e. The molecule has 0 saturated heterocycles. The lowest BCUT2D eigenvalue weighted by Crippen LogP contribution is -2.31. The van der Waals surface area contributed by atoms with Crippen molar-refractivity contribution < 1.29 is 13.9 Å². The maximum atomic E-state index is 13.0. The van der Waals surface area contributed by atoms with Crippen LogP contribution < -0.4 is 10.1 Å². The van der Waals surface area contributed by atoms with Gasteiger partial charge in [0.15, 0.2) is 6.61 Å². The molecule has 1 aromatic rings. The van der Waals surface area contributed by atoms with Crippen LogP contribution in [0.1, 0.15) is 13.8 Å². The monoisotopic (exact) mass is 259 g/mol. The van der Waals surface area contributed by atoms with Crippen molar-refractivity contribution in [2.45, 2.75) is 13.8 Å². The number of ether oxygens (including phenoxy) is 1. The molecule has 3 nitrogen and oxygen atoms in total. The van der Waals surface area contributed by atoms with Gasteiger partial charge in [0.2, 0.25) is 0 Å². The Morgan fingerprint density at radius 3 is 2.82 bits per heavy atom. The Balaban J connectivity index is 2.39. The van der Waals surface area contributed by atoms with Crippen molar-refractivity contribution in [2.75, 3.05) is 13.2 Å². The number of nitrogens with one attached hydrogen (secondary N) is 1. The minimum absolute atomic E-state index is 0.0293. The van der Waals surface area contributed by atoms with Gasteiger partial charge in [-0.3, -0.25) is 4.79 Å². The minimum atomic E-state index is -0.563. The number of benzene rings is 1. The Morgan fingerprint density at radius 2 is 2.24 bits per heavy atom. The summed E-state index contributed by atoms with van der Waals surface area (Å²) in [6.07, 6.45) is 0. The number of carbonyl (C=O) groups is 1. The van der Waals surface area contributed by atoms with Crippen LogP contribution in [0, 0.1) is 11.7 Å². The van der Waals surface area contributed by atoms with E-state index in [0.29, 0.717) is 12.5 Å². The number of rotatable bonds is 5. The molecule has 0 aromatic heterocycles. The third-order valence-electron chi connectivity index (χ3n) is 1.97. The van der Waals surface area contributed by atoms with Gasteiger partial charge >= 0.3 is 0 Å². The summed E-state index contributed by atoms with van der Waals surface area (Å²) >= 11 is 5.52. The second kappa shape index (κ2) is 6.45. The van der Waals surface area contributed by atoms with Crippen LogP contribution in [0.5, 0.6) is 5.75 Å². The molecule has 1 amide bonds. The number of halogens is 2. The molecule has 1 rings (SSSR count). The fourth-order valence-electron chi connectivity index (χ4n) is 1.08. The lowest BCUT2D eigenvalue weighted by atomic mass is 10.2. The molecule has 0 unspecified atom stereocenters. The third kappa shape index (κ3) is 5.04. The normalized spacial score (nSPS) is 10.4.